The SMILES string of the molecule is CC(C)[C@H](NC(=O)[C@@H]1CCOC1)c1nnc2n1CCN(C(=O)CCCc1cccs1)CC2. The van der Waals surface area contributed by atoms with E-state index >= 15 is 0 Å². The number of fused-ring (bicyclic) bond motifs is 1. The summed E-state index contributed by atoms with van der Waals surface area (Å²) in [7, 11) is 0. The minimum Gasteiger partial charge on any atom is -0.381 e. The number of nitrogens with one attached hydrogen (secondary N) is 1. The van der Waals surface area contributed by atoms with Crippen LogP contribution in [0.4, 0.5) is 0 Å². The monoisotopic (exact) mass is 459 g/mol. The van der Waals surface area contributed by atoms with Crippen molar-refractivity contribution in [2.75, 3.05) is 26.3 Å². The van der Waals surface area contributed by atoms with Crippen LogP contribution in [0, 0.1) is 11.8 Å². The lowest BCUT2D eigenvalue weighted by molar-refractivity contribution is -0.131. The molecule has 1 fully saturated rings. The molecule has 0 bridgehead atoms. The Morgan fingerprint density at radius 1 is 1.28 bits per heavy atom. The zero-order valence-corrected chi connectivity index (χ0v) is 19.8. The quantitative estimate of drug-likeness (QED) is 0.655. The number of hydrogen-bond donors (Lipinski definition) is 1. The lowest BCUT2D eigenvalue weighted by Gasteiger charge is -2.24. The van der Waals surface area contributed by atoms with Crippen LogP contribution in [0.25, 0.3) is 0 Å². The van der Waals surface area contributed by atoms with Crippen LogP contribution in [0.5, 0.6) is 0 Å². The molecular weight excluding hydrogens is 426 g/mol. The molecule has 4 heterocycles. The smallest absolute Gasteiger partial charge is 0.226 e. The second kappa shape index (κ2) is 10.6. The molecule has 0 aliphatic carbocycles. The van der Waals surface area contributed by atoms with E-state index in [1.165, 1.54) is 4.88 Å². The van der Waals surface area contributed by atoms with Crippen LogP contribution in [0.1, 0.15) is 55.7 Å². The number of amides is 2. The topological polar surface area (TPSA) is 89.3 Å². The normalized spacial score (nSPS) is 19.6. The molecule has 1 saturated heterocycles. The first-order valence-electron chi connectivity index (χ1n) is 11.6. The third-order valence-electron chi connectivity index (χ3n) is 6.34. The van der Waals surface area contributed by atoms with Crippen molar-refractivity contribution < 1.29 is 14.3 Å². The van der Waals surface area contributed by atoms with E-state index < -0.39 is 0 Å². The molecule has 174 valence electrons. The highest BCUT2D eigenvalue weighted by Gasteiger charge is 2.31. The van der Waals surface area contributed by atoms with E-state index in [2.05, 4.69) is 51.4 Å². The molecular formula is C23H33N5O3S. The number of nitrogens with zero attached hydrogens (tertiary/aromatic N) is 4. The number of aromatic nitrogens is 3. The van der Waals surface area contributed by atoms with Crippen LogP contribution < -0.4 is 5.32 Å². The molecule has 1 N–H and O–H groups in total. The molecule has 8 nitrogen and oxygen atoms in total. The Hall–Kier alpha value is -2.26. The summed E-state index contributed by atoms with van der Waals surface area (Å²) in [6.07, 6.45) is 3.84. The van der Waals surface area contributed by atoms with Crippen molar-refractivity contribution in [1.29, 1.82) is 0 Å². The molecule has 0 unspecified atom stereocenters. The van der Waals surface area contributed by atoms with Gasteiger partial charge in [-0.3, -0.25) is 9.59 Å². The minimum absolute atomic E-state index is 0.0229. The maximum Gasteiger partial charge on any atom is 0.226 e. The second-order valence-corrected chi connectivity index (χ2v) is 10.0. The Morgan fingerprint density at radius 3 is 2.88 bits per heavy atom. The third kappa shape index (κ3) is 5.38. The average molecular weight is 460 g/mol. The Balaban J connectivity index is 1.37. The molecule has 0 radical (unpaired) electrons. The lowest BCUT2D eigenvalue weighted by Crippen LogP contribution is -2.38. The highest BCUT2D eigenvalue weighted by atomic mass is 32.1. The number of hydrogen-bond acceptors (Lipinski definition) is 6. The van der Waals surface area contributed by atoms with Crippen LogP contribution in [0.15, 0.2) is 17.5 Å². The van der Waals surface area contributed by atoms with Crippen LogP contribution in [0.2, 0.25) is 0 Å². The van der Waals surface area contributed by atoms with E-state index in [4.69, 9.17) is 4.74 Å². The molecule has 2 aliphatic rings. The Morgan fingerprint density at radius 2 is 2.16 bits per heavy atom. The van der Waals surface area contributed by atoms with E-state index in [0.717, 1.165) is 30.9 Å². The fourth-order valence-electron chi connectivity index (χ4n) is 4.39. The van der Waals surface area contributed by atoms with E-state index in [9.17, 15) is 9.59 Å². The van der Waals surface area contributed by atoms with Crippen molar-refractivity contribution in [1.82, 2.24) is 25.0 Å². The maximum atomic E-state index is 12.8. The first kappa shape index (κ1) is 22.9. The maximum absolute atomic E-state index is 12.8. The summed E-state index contributed by atoms with van der Waals surface area (Å²) in [5.41, 5.74) is 0. The molecule has 0 aromatic carbocycles. The van der Waals surface area contributed by atoms with Crippen molar-refractivity contribution in [3.8, 4) is 0 Å². The van der Waals surface area contributed by atoms with Gasteiger partial charge in [-0.25, -0.2) is 0 Å². The molecule has 0 saturated carbocycles. The first-order chi connectivity index (χ1) is 15.5. The van der Waals surface area contributed by atoms with Gasteiger partial charge >= 0.3 is 0 Å². The van der Waals surface area contributed by atoms with Crippen LogP contribution in [0.3, 0.4) is 0 Å². The Bertz CT molecular complexity index is 905. The highest BCUT2D eigenvalue weighted by molar-refractivity contribution is 7.09. The number of ether oxygens (including phenoxy) is 1. The summed E-state index contributed by atoms with van der Waals surface area (Å²) in [5.74, 6) is 1.98. The van der Waals surface area contributed by atoms with Crippen molar-refractivity contribution in [2.45, 2.75) is 58.5 Å². The van der Waals surface area contributed by atoms with Crippen molar-refractivity contribution in [3.63, 3.8) is 0 Å². The van der Waals surface area contributed by atoms with Gasteiger partial charge in [0, 0.05) is 44.0 Å². The summed E-state index contributed by atoms with van der Waals surface area (Å²) in [6, 6.07) is 3.97. The zero-order valence-electron chi connectivity index (χ0n) is 19.0. The van der Waals surface area contributed by atoms with Crippen LogP contribution in [-0.2, 0) is 33.7 Å². The standard InChI is InChI=1S/C23H33N5O3S/c1-16(2)21(24-23(30)17-9-13-31-15-17)22-26-25-19-8-10-27(11-12-28(19)22)20(29)7-3-5-18-6-4-14-32-18/h4,6,14,16-17,21H,3,5,7-13,15H2,1-2H3,(H,24,30)/t17-,21+/m1/s1. The summed E-state index contributed by atoms with van der Waals surface area (Å²) >= 11 is 1.74. The summed E-state index contributed by atoms with van der Waals surface area (Å²) < 4.78 is 7.48. The fraction of sp³-hybridized carbons (Fsp3) is 0.652. The zero-order chi connectivity index (χ0) is 22.5. The third-order valence-corrected chi connectivity index (χ3v) is 7.28. The van der Waals surface area contributed by atoms with E-state index in [1.54, 1.807) is 11.3 Å². The van der Waals surface area contributed by atoms with Gasteiger partial charge in [-0.1, -0.05) is 19.9 Å². The summed E-state index contributed by atoms with van der Waals surface area (Å²) in [6.45, 7) is 7.24. The Kier molecular flexibility index (Phi) is 7.57. The van der Waals surface area contributed by atoms with Crippen molar-refractivity contribution in [2.24, 2.45) is 11.8 Å². The average Bonchev–Trinajstić information content (AvgIpc) is 3.53. The number of thiophene rings is 1. The summed E-state index contributed by atoms with van der Waals surface area (Å²) in [4.78, 5) is 28.8. The van der Waals surface area contributed by atoms with E-state index in [-0.39, 0.29) is 29.7 Å². The second-order valence-electron chi connectivity index (χ2n) is 8.98. The van der Waals surface area contributed by atoms with Gasteiger partial charge in [-0.05, 0) is 36.6 Å². The highest BCUT2D eigenvalue weighted by Crippen LogP contribution is 2.24. The van der Waals surface area contributed by atoms with Crippen molar-refractivity contribution >= 4 is 23.2 Å². The number of carbonyl (C=O) groups excluding carboxylic acids is 2. The fourth-order valence-corrected chi connectivity index (χ4v) is 5.14. The molecule has 2 aliphatic heterocycles. The molecule has 0 spiro atoms. The van der Waals surface area contributed by atoms with Gasteiger partial charge in [0.25, 0.3) is 0 Å². The van der Waals surface area contributed by atoms with Gasteiger partial charge in [-0.2, -0.15) is 0 Å². The minimum atomic E-state index is -0.211. The predicted octanol–water partition coefficient (Wildman–Crippen LogP) is 2.60. The van der Waals surface area contributed by atoms with Gasteiger partial charge in [0.1, 0.15) is 5.82 Å². The van der Waals surface area contributed by atoms with Gasteiger partial charge in [0.05, 0.1) is 18.6 Å². The van der Waals surface area contributed by atoms with Crippen LogP contribution in [-0.4, -0.2) is 57.8 Å². The molecule has 9 heteroatoms. The van der Waals surface area contributed by atoms with Crippen molar-refractivity contribution in [3.05, 3.63) is 34.0 Å². The van der Waals surface area contributed by atoms with Crippen LogP contribution >= 0.6 is 11.3 Å². The largest absolute Gasteiger partial charge is 0.381 e. The van der Waals surface area contributed by atoms with E-state index in [1.807, 2.05) is 4.90 Å². The summed E-state index contributed by atoms with van der Waals surface area (Å²) in [5, 5.41) is 14.1. The van der Waals surface area contributed by atoms with Gasteiger partial charge in [-0.15, -0.1) is 21.5 Å². The lowest BCUT2D eigenvalue weighted by atomic mass is 10.0. The number of carbonyl (C=O) groups is 2. The molecule has 2 aromatic heterocycles. The number of aryl methyl sites for hydroxylation is 1. The molecule has 32 heavy (non-hydrogen) atoms. The van der Waals surface area contributed by atoms with Gasteiger partial charge in [0.15, 0.2) is 5.82 Å². The van der Waals surface area contributed by atoms with E-state index in [0.29, 0.717) is 45.7 Å². The molecule has 2 atom stereocenters. The molecule has 2 amide bonds. The molecule has 2 aromatic rings. The Labute approximate surface area is 193 Å². The van der Waals surface area contributed by atoms with Gasteiger partial charge in [0.2, 0.25) is 11.8 Å². The van der Waals surface area contributed by atoms with Gasteiger partial charge < -0.3 is 19.5 Å². The number of rotatable bonds is 8. The molecule has 4 rings (SSSR count). The first-order valence-corrected chi connectivity index (χ1v) is 12.5. The predicted molar refractivity (Wildman–Crippen MR) is 122 cm³/mol.